The second kappa shape index (κ2) is 6.58. The molecule has 1 amide bonds. The number of amides is 1. The van der Waals surface area contributed by atoms with Gasteiger partial charge in [0.25, 0.3) is 5.91 Å². The summed E-state index contributed by atoms with van der Waals surface area (Å²) in [4.78, 5) is 12.0. The third kappa shape index (κ3) is 3.97. The van der Waals surface area contributed by atoms with Crippen molar-refractivity contribution >= 4 is 17.5 Å². The van der Waals surface area contributed by atoms with Gasteiger partial charge in [-0.25, -0.2) is 0 Å². The summed E-state index contributed by atoms with van der Waals surface area (Å²) < 4.78 is 0. The van der Waals surface area contributed by atoms with Crippen LogP contribution < -0.4 is 5.32 Å². The van der Waals surface area contributed by atoms with Crippen LogP contribution in [0.5, 0.6) is 0 Å². The van der Waals surface area contributed by atoms with Crippen molar-refractivity contribution in [2.45, 2.75) is 31.1 Å². The lowest BCUT2D eigenvalue weighted by Crippen LogP contribution is -2.31. The first-order chi connectivity index (χ1) is 9.19. The highest BCUT2D eigenvalue weighted by atomic mass is 35.5. The average molecular weight is 277 g/mol. The smallest absolute Gasteiger partial charge is 0.251 e. The number of hydrogen-bond acceptors (Lipinski definition) is 2. The Morgan fingerprint density at radius 2 is 2.11 bits per heavy atom. The number of carbonyl (C=O) groups is 1. The normalized spacial score (nSPS) is 22.5. The fourth-order valence-corrected chi connectivity index (χ4v) is 2.65. The molecule has 1 saturated carbocycles. The van der Waals surface area contributed by atoms with E-state index in [-0.39, 0.29) is 5.91 Å². The first-order valence-electron chi connectivity index (χ1n) is 6.61. The molecule has 0 aliphatic heterocycles. The lowest BCUT2D eigenvalue weighted by atomic mass is 9.89. The predicted molar refractivity (Wildman–Crippen MR) is 75.1 cm³/mol. The molecule has 0 spiro atoms. The van der Waals surface area contributed by atoms with Crippen molar-refractivity contribution in [3.05, 3.63) is 35.4 Å². The Balaban J connectivity index is 1.85. The van der Waals surface area contributed by atoms with Crippen LogP contribution in [0.2, 0.25) is 0 Å². The molecule has 0 heterocycles. The van der Waals surface area contributed by atoms with Gasteiger partial charge < -0.3 is 5.32 Å². The largest absolute Gasteiger partial charge is 0.352 e. The van der Waals surface area contributed by atoms with Crippen LogP contribution in [0.15, 0.2) is 24.3 Å². The average Bonchev–Trinajstić information content (AvgIpc) is 2.46. The van der Waals surface area contributed by atoms with E-state index in [0.29, 0.717) is 29.0 Å². The van der Waals surface area contributed by atoms with Crippen LogP contribution in [0.3, 0.4) is 0 Å². The number of rotatable bonds is 3. The third-order valence-corrected chi connectivity index (χ3v) is 4.02. The van der Waals surface area contributed by atoms with Crippen LogP contribution >= 0.6 is 11.6 Å². The summed E-state index contributed by atoms with van der Waals surface area (Å²) in [5.74, 6) is 0.420. The van der Waals surface area contributed by atoms with E-state index in [1.807, 2.05) is 6.07 Å². The van der Waals surface area contributed by atoms with Crippen LogP contribution in [0.1, 0.15) is 41.6 Å². The summed E-state index contributed by atoms with van der Waals surface area (Å²) in [6.07, 6.45) is 4.22. The fourth-order valence-electron chi connectivity index (χ4n) is 2.39. The quantitative estimate of drug-likeness (QED) is 0.863. The molecule has 4 heteroatoms. The molecule has 0 bridgehead atoms. The van der Waals surface area contributed by atoms with E-state index in [9.17, 15) is 4.79 Å². The molecule has 2 rings (SSSR count). The summed E-state index contributed by atoms with van der Waals surface area (Å²) in [6, 6.07) is 8.80. The number of halogens is 1. The Kier molecular flexibility index (Phi) is 4.81. The molecule has 0 aromatic heterocycles. The van der Waals surface area contributed by atoms with Crippen LogP contribution in [0.4, 0.5) is 0 Å². The molecule has 19 heavy (non-hydrogen) atoms. The standard InChI is InChI=1S/C15H17ClN2O/c16-14-6-4-11(5-7-14)10-18-15(19)13-3-1-2-12(8-13)9-17/h1-3,8,11,14H,4-7,10H2,(H,18,19). The Bertz CT molecular complexity index is 487. The van der Waals surface area contributed by atoms with Gasteiger partial charge in [0, 0.05) is 17.5 Å². The van der Waals surface area contributed by atoms with Crippen LogP contribution in [0, 0.1) is 17.2 Å². The fraction of sp³-hybridized carbons (Fsp3) is 0.467. The van der Waals surface area contributed by atoms with E-state index in [1.165, 1.54) is 0 Å². The topological polar surface area (TPSA) is 52.9 Å². The van der Waals surface area contributed by atoms with Crippen molar-refractivity contribution in [2.24, 2.45) is 5.92 Å². The van der Waals surface area contributed by atoms with Gasteiger partial charge in [-0.1, -0.05) is 6.07 Å². The number of carbonyl (C=O) groups excluding carboxylic acids is 1. The molecule has 0 atom stereocenters. The van der Waals surface area contributed by atoms with Gasteiger partial charge in [0.1, 0.15) is 0 Å². The molecular formula is C15H17ClN2O. The van der Waals surface area contributed by atoms with Gasteiger partial charge in [0.15, 0.2) is 0 Å². The molecule has 1 aromatic rings. The third-order valence-electron chi connectivity index (χ3n) is 3.58. The highest BCUT2D eigenvalue weighted by molar-refractivity contribution is 6.20. The van der Waals surface area contributed by atoms with E-state index in [2.05, 4.69) is 5.32 Å². The van der Waals surface area contributed by atoms with E-state index in [4.69, 9.17) is 16.9 Å². The van der Waals surface area contributed by atoms with Crippen molar-refractivity contribution in [1.29, 1.82) is 5.26 Å². The zero-order valence-corrected chi connectivity index (χ0v) is 11.5. The SMILES string of the molecule is N#Cc1cccc(C(=O)NCC2CCC(Cl)CC2)c1. The molecule has 0 unspecified atom stereocenters. The molecule has 1 N–H and O–H groups in total. The summed E-state index contributed by atoms with van der Waals surface area (Å²) in [5.41, 5.74) is 1.06. The monoisotopic (exact) mass is 276 g/mol. The molecule has 1 aliphatic rings. The minimum absolute atomic E-state index is 0.106. The van der Waals surface area contributed by atoms with E-state index < -0.39 is 0 Å². The Morgan fingerprint density at radius 3 is 2.79 bits per heavy atom. The molecule has 0 radical (unpaired) electrons. The zero-order valence-electron chi connectivity index (χ0n) is 10.7. The summed E-state index contributed by atoms with van der Waals surface area (Å²) in [6.45, 7) is 0.694. The zero-order chi connectivity index (χ0) is 13.7. The van der Waals surface area contributed by atoms with Crippen molar-refractivity contribution in [3.63, 3.8) is 0 Å². The minimum atomic E-state index is -0.106. The van der Waals surface area contributed by atoms with Gasteiger partial charge >= 0.3 is 0 Å². The number of nitrogens with one attached hydrogen (secondary N) is 1. The van der Waals surface area contributed by atoms with Gasteiger partial charge in [0.05, 0.1) is 11.6 Å². The maximum atomic E-state index is 12.0. The second-order valence-corrected chi connectivity index (χ2v) is 5.64. The maximum absolute atomic E-state index is 12.0. The van der Waals surface area contributed by atoms with Crippen molar-refractivity contribution < 1.29 is 4.79 Å². The lowest BCUT2D eigenvalue weighted by Gasteiger charge is -2.25. The minimum Gasteiger partial charge on any atom is -0.352 e. The van der Waals surface area contributed by atoms with Crippen molar-refractivity contribution in [1.82, 2.24) is 5.32 Å². The first kappa shape index (κ1) is 13.9. The summed E-state index contributed by atoms with van der Waals surface area (Å²) in [7, 11) is 0. The van der Waals surface area contributed by atoms with E-state index in [1.54, 1.807) is 24.3 Å². The van der Waals surface area contributed by atoms with Crippen LogP contribution in [0.25, 0.3) is 0 Å². The summed E-state index contributed by atoms with van der Waals surface area (Å²) >= 11 is 6.06. The second-order valence-electron chi connectivity index (χ2n) is 5.02. The molecular weight excluding hydrogens is 260 g/mol. The molecule has 1 aliphatic carbocycles. The first-order valence-corrected chi connectivity index (χ1v) is 7.05. The van der Waals surface area contributed by atoms with Gasteiger partial charge in [-0.3, -0.25) is 4.79 Å². The van der Waals surface area contributed by atoms with Gasteiger partial charge in [-0.15, -0.1) is 11.6 Å². The Hall–Kier alpha value is -1.53. The number of alkyl halides is 1. The highest BCUT2D eigenvalue weighted by Crippen LogP contribution is 2.26. The van der Waals surface area contributed by atoms with E-state index >= 15 is 0 Å². The molecule has 100 valence electrons. The molecule has 1 fully saturated rings. The lowest BCUT2D eigenvalue weighted by molar-refractivity contribution is 0.0943. The number of hydrogen-bond donors (Lipinski definition) is 1. The Labute approximate surface area is 118 Å². The number of nitrogens with zero attached hydrogens (tertiary/aromatic N) is 1. The maximum Gasteiger partial charge on any atom is 0.251 e. The molecule has 1 aromatic carbocycles. The molecule has 3 nitrogen and oxygen atoms in total. The van der Waals surface area contributed by atoms with E-state index in [0.717, 1.165) is 25.7 Å². The highest BCUT2D eigenvalue weighted by Gasteiger charge is 2.20. The number of benzene rings is 1. The summed E-state index contributed by atoms with van der Waals surface area (Å²) in [5, 5.41) is 12.1. The van der Waals surface area contributed by atoms with Gasteiger partial charge in [-0.05, 0) is 49.8 Å². The van der Waals surface area contributed by atoms with Gasteiger partial charge in [0.2, 0.25) is 0 Å². The Morgan fingerprint density at radius 1 is 1.37 bits per heavy atom. The van der Waals surface area contributed by atoms with Crippen molar-refractivity contribution in [2.75, 3.05) is 6.54 Å². The van der Waals surface area contributed by atoms with Crippen LogP contribution in [-0.4, -0.2) is 17.8 Å². The van der Waals surface area contributed by atoms with Crippen LogP contribution in [-0.2, 0) is 0 Å². The van der Waals surface area contributed by atoms with Gasteiger partial charge in [-0.2, -0.15) is 5.26 Å². The molecule has 0 saturated heterocycles. The number of nitriles is 1. The van der Waals surface area contributed by atoms with Crippen molar-refractivity contribution in [3.8, 4) is 6.07 Å². The predicted octanol–water partition coefficient (Wildman–Crippen LogP) is 3.09.